The normalized spacial score (nSPS) is 20.0. The zero-order chi connectivity index (χ0) is 18.2. The minimum Gasteiger partial charge on any atom is -0.357 e. The van der Waals surface area contributed by atoms with Gasteiger partial charge in [-0.15, -0.1) is 34.2 Å². The van der Waals surface area contributed by atoms with Gasteiger partial charge in [-0.2, -0.15) is 13.2 Å². The van der Waals surface area contributed by atoms with Crippen molar-refractivity contribution in [3.8, 4) is 0 Å². The molecule has 0 aliphatic heterocycles. The Morgan fingerprint density at radius 3 is 2.69 bits per heavy atom. The van der Waals surface area contributed by atoms with E-state index < -0.39 is 11.7 Å². The number of guanidine groups is 1. The van der Waals surface area contributed by atoms with Gasteiger partial charge in [-0.3, -0.25) is 4.40 Å². The van der Waals surface area contributed by atoms with Gasteiger partial charge in [0.2, 0.25) is 0 Å². The van der Waals surface area contributed by atoms with E-state index in [1.165, 1.54) is 4.40 Å². The summed E-state index contributed by atoms with van der Waals surface area (Å²) in [6.45, 7) is 4.83. The van der Waals surface area contributed by atoms with Crippen molar-refractivity contribution < 1.29 is 13.2 Å². The minimum atomic E-state index is -4.50. The molecule has 0 radical (unpaired) electrons. The minimum absolute atomic E-state index is 0. The van der Waals surface area contributed by atoms with Crippen LogP contribution in [0.5, 0.6) is 0 Å². The van der Waals surface area contributed by atoms with Crippen molar-refractivity contribution in [2.45, 2.75) is 39.0 Å². The molecule has 2 aromatic rings. The second kappa shape index (κ2) is 8.15. The molecule has 0 saturated heterocycles. The first-order chi connectivity index (χ1) is 11.8. The zero-order valence-corrected chi connectivity index (χ0v) is 17.2. The van der Waals surface area contributed by atoms with Crippen molar-refractivity contribution in [1.29, 1.82) is 0 Å². The first-order valence-electron chi connectivity index (χ1n) is 7.94. The van der Waals surface area contributed by atoms with Crippen LogP contribution in [0.3, 0.4) is 0 Å². The van der Waals surface area contributed by atoms with E-state index in [-0.39, 0.29) is 47.0 Å². The Morgan fingerprint density at radius 2 is 2.12 bits per heavy atom. The average Bonchev–Trinajstić information content (AvgIpc) is 3.06. The number of aliphatic imine (C=N–C) groups is 1. The van der Waals surface area contributed by atoms with Crippen LogP contribution >= 0.6 is 35.6 Å². The third kappa shape index (κ3) is 4.70. The number of nitrogens with one attached hydrogen (secondary N) is 2. The molecular weight excluding hydrogens is 484 g/mol. The van der Waals surface area contributed by atoms with Gasteiger partial charge in [0.05, 0.1) is 10.6 Å². The van der Waals surface area contributed by atoms with Gasteiger partial charge in [0.25, 0.3) is 0 Å². The maximum atomic E-state index is 13.0. The van der Waals surface area contributed by atoms with Gasteiger partial charge in [-0.05, 0) is 25.3 Å². The first kappa shape index (κ1) is 21.0. The quantitative estimate of drug-likeness (QED) is 0.382. The second-order valence-corrected chi connectivity index (χ2v) is 6.45. The molecule has 2 unspecified atom stereocenters. The summed E-state index contributed by atoms with van der Waals surface area (Å²) in [6, 6.07) is 1.22. The highest BCUT2D eigenvalue weighted by molar-refractivity contribution is 14.0. The lowest BCUT2D eigenvalue weighted by molar-refractivity contribution is -0.137. The van der Waals surface area contributed by atoms with E-state index in [1.54, 1.807) is 0 Å². The van der Waals surface area contributed by atoms with Gasteiger partial charge >= 0.3 is 6.18 Å². The summed E-state index contributed by atoms with van der Waals surface area (Å²) in [6.07, 6.45) is -2.49. The number of aromatic nitrogens is 3. The fourth-order valence-corrected chi connectivity index (χ4v) is 2.68. The number of hydrogen-bond donors (Lipinski definition) is 2. The Hall–Kier alpha value is -1.30. The van der Waals surface area contributed by atoms with Crippen molar-refractivity contribution in [3.05, 3.63) is 28.7 Å². The highest BCUT2D eigenvalue weighted by Gasteiger charge is 2.33. The monoisotopic (exact) mass is 502 g/mol. The molecule has 0 spiro atoms. The standard InChI is InChI=1S/C15H18ClF3N6.HI/c1-3-20-14(22-11-4-8(11)2)21-6-12-23-24-13-10(16)5-9(7-25(12)13)15(17,18)19;/h5,7-8,11H,3-4,6H2,1-2H3,(H2,20,21,22);1H. The summed E-state index contributed by atoms with van der Waals surface area (Å²) < 4.78 is 40.2. The highest BCUT2D eigenvalue weighted by Crippen LogP contribution is 2.32. The smallest absolute Gasteiger partial charge is 0.357 e. The van der Waals surface area contributed by atoms with Crippen molar-refractivity contribution in [3.63, 3.8) is 0 Å². The summed E-state index contributed by atoms with van der Waals surface area (Å²) in [5.74, 6) is 1.47. The van der Waals surface area contributed by atoms with Crippen LogP contribution in [0.1, 0.15) is 31.7 Å². The Labute approximate surface area is 170 Å². The summed E-state index contributed by atoms with van der Waals surface area (Å²) >= 11 is 5.90. The molecule has 1 aliphatic carbocycles. The fraction of sp³-hybridized carbons (Fsp3) is 0.533. The van der Waals surface area contributed by atoms with E-state index in [0.717, 1.165) is 18.7 Å². The molecule has 6 nitrogen and oxygen atoms in total. The van der Waals surface area contributed by atoms with E-state index in [4.69, 9.17) is 11.6 Å². The lowest BCUT2D eigenvalue weighted by Crippen LogP contribution is -2.39. The third-order valence-corrected chi connectivity index (χ3v) is 4.29. The van der Waals surface area contributed by atoms with Gasteiger partial charge in [0.1, 0.15) is 6.54 Å². The van der Waals surface area contributed by atoms with E-state index in [2.05, 4.69) is 32.7 Å². The fourth-order valence-electron chi connectivity index (χ4n) is 2.43. The van der Waals surface area contributed by atoms with Gasteiger partial charge in [0, 0.05) is 18.8 Å². The number of rotatable bonds is 4. The lowest BCUT2D eigenvalue weighted by Gasteiger charge is -2.11. The largest absolute Gasteiger partial charge is 0.417 e. The third-order valence-electron chi connectivity index (χ3n) is 4.01. The summed E-state index contributed by atoms with van der Waals surface area (Å²) in [7, 11) is 0. The van der Waals surface area contributed by atoms with Gasteiger partial charge in [0.15, 0.2) is 17.4 Å². The molecule has 26 heavy (non-hydrogen) atoms. The predicted octanol–water partition coefficient (Wildman–Crippen LogP) is 3.48. The predicted molar refractivity (Wildman–Crippen MR) is 104 cm³/mol. The molecule has 0 aromatic carbocycles. The van der Waals surface area contributed by atoms with Crippen LogP contribution in [0.2, 0.25) is 5.02 Å². The van der Waals surface area contributed by atoms with E-state index in [1.807, 2.05) is 6.92 Å². The summed E-state index contributed by atoms with van der Waals surface area (Å²) in [5.41, 5.74) is -0.680. The van der Waals surface area contributed by atoms with Gasteiger partial charge in [-0.1, -0.05) is 18.5 Å². The highest BCUT2D eigenvalue weighted by atomic mass is 127. The van der Waals surface area contributed by atoms with Crippen LogP contribution in [0, 0.1) is 5.92 Å². The molecule has 2 heterocycles. The van der Waals surface area contributed by atoms with Crippen LogP contribution in [-0.4, -0.2) is 33.1 Å². The molecule has 2 aromatic heterocycles. The van der Waals surface area contributed by atoms with Crippen LogP contribution in [0.4, 0.5) is 13.2 Å². The first-order valence-corrected chi connectivity index (χ1v) is 8.32. The van der Waals surface area contributed by atoms with Crippen LogP contribution in [-0.2, 0) is 12.7 Å². The molecular formula is C15H19ClF3IN6. The van der Waals surface area contributed by atoms with Crippen molar-refractivity contribution >= 4 is 47.2 Å². The topological polar surface area (TPSA) is 66.6 Å². The number of alkyl halides is 3. The molecule has 1 saturated carbocycles. The maximum Gasteiger partial charge on any atom is 0.417 e. The Balaban J connectivity index is 0.00000243. The Kier molecular flexibility index (Phi) is 6.59. The number of halogens is 5. The molecule has 2 atom stereocenters. The number of pyridine rings is 1. The number of fused-ring (bicyclic) bond motifs is 1. The Bertz CT molecular complexity index is 807. The number of nitrogens with zero attached hydrogens (tertiary/aromatic N) is 4. The zero-order valence-electron chi connectivity index (χ0n) is 14.1. The maximum absolute atomic E-state index is 13.0. The van der Waals surface area contributed by atoms with E-state index in [9.17, 15) is 13.2 Å². The van der Waals surface area contributed by atoms with Gasteiger partial charge < -0.3 is 10.6 Å². The van der Waals surface area contributed by atoms with Crippen molar-refractivity contribution in [2.24, 2.45) is 10.9 Å². The number of hydrogen-bond acceptors (Lipinski definition) is 3. The average molecular weight is 503 g/mol. The second-order valence-electron chi connectivity index (χ2n) is 6.04. The molecule has 0 amide bonds. The molecule has 3 rings (SSSR count). The van der Waals surface area contributed by atoms with Crippen LogP contribution in [0.25, 0.3) is 5.65 Å². The summed E-state index contributed by atoms with van der Waals surface area (Å²) in [5, 5.41) is 14.1. The molecule has 0 bridgehead atoms. The van der Waals surface area contributed by atoms with E-state index >= 15 is 0 Å². The molecule has 2 N–H and O–H groups in total. The van der Waals surface area contributed by atoms with Gasteiger partial charge in [-0.25, -0.2) is 4.99 Å². The van der Waals surface area contributed by atoms with Crippen molar-refractivity contribution in [1.82, 2.24) is 25.2 Å². The van der Waals surface area contributed by atoms with Crippen LogP contribution < -0.4 is 10.6 Å². The van der Waals surface area contributed by atoms with E-state index in [0.29, 0.717) is 24.5 Å². The molecule has 1 fully saturated rings. The summed E-state index contributed by atoms with van der Waals surface area (Å²) in [4.78, 5) is 4.39. The van der Waals surface area contributed by atoms with Crippen molar-refractivity contribution in [2.75, 3.05) is 6.54 Å². The lowest BCUT2D eigenvalue weighted by atomic mass is 10.3. The SMILES string of the molecule is CCNC(=NCc1nnc2c(Cl)cc(C(F)(F)F)cn12)NC1CC1C.I. The molecule has 144 valence electrons. The van der Waals surface area contributed by atoms with Crippen LogP contribution in [0.15, 0.2) is 17.3 Å². The molecule has 11 heteroatoms. The molecule has 1 aliphatic rings. The Morgan fingerprint density at radius 1 is 1.42 bits per heavy atom.